The number of pyridine rings is 1. The fourth-order valence-corrected chi connectivity index (χ4v) is 1.34. The molecule has 0 unspecified atom stereocenters. The summed E-state index contributed by atoms with van der Waals surface area (Å²) in [5, 5.41) is 0. The normalized spacial score (nSPS) is 11.7. The summed E-state index contributed by atoms with van der Waals surface area (Å²) in [7, 11) is 0. The molecule has 0 atom stereocenters. The summed E-state index contributed by atoms with van der Waals surface area (Å²) in [6.45, 7) is 6.45. The lowest BCUT2D eigenvalue weighted by atomic mass is 10.1. The van der Waals surface area contributed by atoms with Gasteiger partial charge in [-0.1, -0.05) is 6.07 Å². The summed E-state index contributed by atoms with van der Waals surface area (Å²) in [4.78, 5) is 8.62. The summed E-state index contributed by atoms with van der Waals surface area (Å²) < 4.78 is 2.09. The standard InChI is InChI=1S/C12H15N3/c1-12(2,3)15-8-11(14-9-15)10-6-4-5-7-13-10/h4-9H,1-3H3. The van der Waals surface area contributed by atoms with Gasteiger partial charge >= 0.3 is 0 Å². The third-order valence-electron chi connectivity index (χ3n) is 2.28. The van der Waals surface area contributed by atoms with Crippen LogP contribution >= 0.6 is 0 Å². The van der Waals surface area contributed by atoms with Crippen LogP contribution in [0.25, 0.3) is 11.4 Å². The third kappa shape index (κ3) is 2.06. The highest BCUT2D eigenvalue weighted by atomic mass is 15.1. The average molecular weight is 201 g/mol. The first kappa shape index (κ1) is 9.90. The second-order valence-electron chi connectivity index (χ2n) is 4.55. The zero-order valence-corrected chi connectivity index (χ0v) is 9.31. The molecule has 2 rings (SSSR count). The van der Waals surface area contributed by atoms with Crippen LogP contribution < -0.4 is 0 Å². The van der Waals surface area contributed by atoms with Crippen molar-refractivity contribution in [2.45, 2.75) is 26.3 Å². The van der Waals surface area contributed by atoms with Gasteiger partial charge in [0.15, 0.2) is 0 Å². The molecular formula is C12H15N3. The van der Waals surface area contributed by atoms with Crippen LogP contribution in [0.4, 0.5) is 0 Å². The van der Waals surface area contributed by atoms with Crippen LogP contribution in [-0.4, -0.2) is 14.5 Å². The summed E-state index contributed by atoms with van der Waals surface area (Å²) in [6, 6.07) is 5.85. The van der Waals surface area contributed by atoms with Crippen molar-refractivity contribution in [2.75, 3.05) is 0 Å². The molecule has 0 saturated heterocycles. The Kier molecular flexibility index (Phi) is 2.31. The summed E-state index contributed by atoms with van der Waals surface area (Å²) >= 11 is 0. The van der Waals surface area contributed by atoms with Gasteiger partial charge in [-0.15, -0.1) is 0 Å². The van der Waals surface area contributed by atoms with E-state index in [-0.39, 0.29) is 5.54 Å². The van der Waals surface area contributed by atoms with Gasteiger partial charge in [0.05, 0.1) is 12.0 Å². The molecule has 0 radical (unpaired) electrons. The molecule has 0 fully saturated rings. The van der Waals surface area contributed by atoms with Crippen molar-refractivity contribution in [2.24, 2.45) is 0 Å². The molecule has 0 aliphatic heterocycles. The summed E-state index contributed by atoms with van der Waals surface area (Å²) in [5.41, 5.74) is 1.91. The molecule has 0 amide bonds. The van der Waals surface area contributed by atoms with E-state index in [4.69, 9.17) is 0 Å². The van der Waals surface area contributed by atoms with Crippen molar-refractivity contribution < 1.29 is 0 Å². The number of aromatic nitrogens is 3. The molecule has 3 heteroatoms. The SMILES string of the molecule is CC(C)(C)n1cnc(-c2ccccn2)c1. The van der Waals surface area contributed by atoms with Crippen molar-refractivity contribution in [3.8, 4) is 11.4 Å². The van der Waals surface area contributed by atoms with Crippen molar-refractivity contribution in [3.63, 3.8) is 0 Å². The van der Waals surface area contributed by atoms with E-state index in [0.29, 0.717) is 0 Å². The lowest BCUT2D eigenvalue weighted by Gasteiger charge is -2.19. The Balaban J connectivity index is 2.37. The lowest BCUT2D eigenvalue weighted by Crippen LogP contribution is -2.19. The molecule has 0 aliphatic rings. The topological polar surface area (TPSA) is 30.7 Å². The Morgan fingerprint density at radius 1 is 1.07 bits per heavy atom. The van der Waals surface area contributed by atoms with Crippen LogP contribution in [0.1, 0.15) is 20.8 Å². The van der Waals surface area contributed by atoms with Crippen LogP contribution in [0.15, 0.2) is 36.9 Å². The van der Waals surface area contributed by atoms with Gasteiger partial charge in [-0.3, -0.25) is 4.98 Å². The smallest absolute Gasteiger partial charge is 0.107 e. The summed E-state index contributed by atoms with van der Waals surface area (Å²) in [5.74, 6) is 0. The van der Waals surface area contributed by atoms with E-state index < -0.39 is 0 Å². The Labute approximate surface area is 89.8 Å². The summed E-state index contributed by atoms with van der Waals surface area (Å²) in [6.07, 6.45) is 5.66. The number of hydrogen-bond donors (Lipinski definition) is 0. The van der Waals surface area contributed by atoms with Crippen LogP contribution in [0.2, 0.25) is 0 Å². The number of rotatable bonds is 1. The molecular weight excluding hydrogens is 186 g/mol. The number of imidazole rings is 1. The zero-order valence-electron chi connectivity index (χ0n) is 9.31. The van der Waals surface area contributed by atoms with Crippen molar-refractivity contribution in [3.05, 3.63) is 36.9 Å². The maximum absolute atomic E-state index is 4.35. The second kappa shape index (κ2) is 3.50. The number of nitrogens with zero attached hydrogens (tertiary/aromatic N) is 3. The van der Waals surface area contributed by atoms with Crippen LogP contribution in [-0.2, 0) is 5.54 Å². The first-order chi connectivity index (χ1) is 7.07. The van der Waals surface area contributed by atoms with Crippen molar-refractivity contribution in [1.29, 1.82) is 0 Å². The predicted octanol–water partition coefficient (Wildman–Crippen LogP) is 2.70. The van der Waals surface area contributed by atoms with Gasteiger partial charge in [-0.05, 0) is 32.9 Å². The minimum atomic E-state index is 0.0695. The van der Waals surface area contributed by atoms with Gasteiger partial charge < -0.3 is 4.57 Å². The molecule has 0 aliphatic carbocycles. The minimum Gasteiger partial charge on any atom is -0.331 e. The Morgan fingerprint density at radius 2 is 1.87 bits per heavy atom. The molecule has 2 aromatic rings. The highest BCUT2D eigenvalue weighted by molar-refractivity contribution is 5.52. The zero-order chi connectivity index (χ0) is 10.9. The van der Waals surface area contributed by atoms with Crippen LogP contribution in [0.5, 0.6) is 0 Å². The molecule has 2 heterocycles. The quantitative estimate of drug-likeness (QED) is 0.710. The maximum Gasteiger partial charge on any atom is 0.107 e. The van der Waals surface area contributed by atoms with E-state index in [1.807, 2.05) is 30.7 Å². The van der Waals surface area contributed by atoms with Gasteiger partial charge in [-0.25, -0.2) is 4.98 Å². The molecule has 3 nitrogen and oxygen atoms in total. The van der Waals surface area contributed by atoms with E-state index in [1.54, 1.807) is 6.20 Å². The largest absolute Gasteiger partial charge is 0.331 e. The Bertz CT molecular complexity index is 437. The fourth-order valence-electron chi connectivity index (χ4n) is 1.34. The molecule has 0 aromatic carbocycles. The first-order valence-electron chi connectivity index (χ1n) is 5.03. The minimum absolute atomic E-state index is 0.0695. The van der Waals surface area contributed by atoms with Gasteiger partial charge in [0.1, 0.15) is 5.69 Å². The fraction of sp³-hybridized carbons (Fsp3) is 0.333. The van der Waals surface area contributed by atoms with Crippen LogP contribution in [0.3, 0.4) is 0 Å². The van der Waals surface area contributed by atoms with E-state index in [0.717, 1.165) is 11.4 Å². The van der Waals surface area contributed by atoms with Crippen molar-refractivity contribution in [1.82, 2.24) is 14.5 Å². The molecule has 15 heavy (non-hydrogen) atoms. The first-order valence-corrected chi connectivity index (χ1v) is 5.03. The molecule has 78 valence electrons. The van der Waals surface area contributed by atoms with Crippen LogP contribution in [0, 0.1) is 0 Å². The van der Waals surface area contributed by atoms with Gasteiger partial charge in [0, 0.05) is 17.9 Å². The molecule has 0 spiro atoms. The molecule has 0 N–H and O–H groups in total. The number of hydrogen-bond acceptors (Lipinski definition) is 2. The molecule has 0 saturated carbocycles. The van der Waals surface area contributed by atoms with Crippen molar-refractivity contribution >= 4 is 0 Å². The van der Waals surface area contributed by atoms with E-state index in [2.05, 4.69) is 35.3 Å². The third-order valence-corrected chi connectivity index (χ3v) is 2.28. The Morgan fingerprint density at radius 3 is 2.40 bits per heavy atom. The second-order valence-corrected chi connectivity index (χ2v) is 4.55. The average Bonchev–Trinajstić information content (AvgIpc) is 2.67. The highest BCUT2D eigenvalue weighted by Gasteiger charge is 2.13. The van der Waals surface area contributed by atoms with Gasteiger partial charge in [0.2, 0.25) is 0 Å². The maximum atomic E-state index is 4.35. The van der Waals surface area contributed by atoms with E-state index in [1.165, 1.54) is 0 Å². The molecule has 2 aromatic heterocycles. The highest BCUT2D eigenvalue weighted by Crippen LogP contribution is 2.19. The monoisotopic (exact) mass is 201 g/mol. The van der Waals surface area contributed by atoms with Gasteiger partial charge in [0.25, 0.3) is 0 Å². The predicted molar refractivity (Wildman–Crippen MR) is 60.5 cm³/mol. The Hall–Kier alpha value is -1.64. The van der Waals surface area contributed by atoms with E-state index >= 15 is 0 Å². The molecule has 0 bridgehead atoms. The van der Waals surface area contributed by atoms with Gasteiger partial charge in [-0.2, -0.15) is 0 Å². The van der Waals surface area contributed by atoms with E-state index in [9.17, 15) is 0 Å². The lowest BCUT2D eigenvalue weighted by molar-refractivity contribution is 0.396.